The van der Waals surface area contributed by atoms with Gasteiger partial charge in [-0.05, 0) is 42.3 Å². The largest absolute Gasteiger partial charge is 0.493 e. The summed E-state index contributed by atoms with van der Waals surface area (Å²) in [6, 6.07) is 7.67. The van der Waals surface area contributed by atoms with Crippen molar-refractivity contribution in [2.24, 2.45) is 5.92 Å². The molecule has 2 aromatic carbocycles. The maximum absolute atomic E-state index is 13.5. The third-order valence-electron chi connectivity index (χ3n) is 3.32. The lowest BCUT2D eigenvalue weighted by atomic mass is 10.2. The number of benzene rings is 2. The molecule has 2 aromatic rings. The number of carbonyl (C=O) groups excluding carboxylic acids is 2. The van der Waals surface area contributed by atoms with Crippen LogP contribution < -0.4 is 10.1 Å². The van der Waals surface area contributed by atoms with Crippen molar-refractivity contribution < 1.29 is 32.2 Å². The Hall–Kier alpha value is -3.03. The minimum Gasteiger partial charge on any atom is -0.493 e. The van der Waals surface area contributed by atoms with E-state index in [1.165, 1.54) is 12.1 Å². The summed E-state index contributed by atoms with van der Waals surface area (Å²) in [4.78, 5) is 23.6. The van der Waals surface area contributed by atoms with Crippen LogP contribution in [-0.2, 0) is 9.53 Å². The molecule has 0 atom stereocenters. The van der Waals surface area contributed by atoms with Crippen LogP contribution >= 0.6 is 0 Å². The SMILES string of the molecule is CC(C)COc1ccc(C(=O)OCC(=O)Nc2ccc(F)c(F)c2F)cc1. The molecule has 0 unspecified atom stereocenters. The third kappa shape index (κ3) is 5.73. The van der Waals surface area contributed by atoms with Crippen molar-refractivity contribution >= 4 is 17.6 Å². The molecular formula is C19H18F3NO4. The third-order valence-corrected chi connectivity index (χ3v) is 3.32. The Morgan fingerprint density at radius 3 is 2.30 bits per heavy atom. The van der Waals surface area contributed by atoms with Crippen LogP contribution in [0.1, 0.15) is 24.2 Å². The van der Waals surface area contributed by atoms with E-state index in [0.717, 1.165) is 6.07 Å². The van der Waals surface area contributed by atoms with E-state index >= 15 is 0 Å². The van der Waals surface area contributed by atoms with E-state index in [0.29, 0.717) is 24.3 Å². The summed E-state index contributed by atoms with van der Waals surface area (Å²) in [5.41, 5.74) is -0.361. The van der Waals surface area contributed by atoms with Crippen molar-refractivity contribution in [2.45, 2.75) is 13.8 Å². The zero-order valence-corrected chi connectivity index (χ0v) is 14.7. The number of anilines is 1. The maximum atomic E-state index is 13.5. The lowest BCUT2D eigenvalue weighted by Crippen LogP contribution is -2.21. The normalized spacial score (nSPS) is 10.6. The van der Waals surface area contributed by atoms with Gasteiger partial charge in [0.05, 0.1) is 17.9 Å². The molecule has 1 amide bonds. The van der Waals surface area contributed by atoms with Gasteiger partial charge in [0.2, 0.25) is 0 Å². The fourth-order valence-electron chi connectivity index (χ4n) is 1.97. The highest BCUT2D eigenvalue weighted by molar-refractivity contribution is 5.95. The highest BCUT2D eigenvalue weighted by Crippen LogP contribution is 2.19. The first-order valence-electron chi connectivity index (χ1n) is 8.11. The monoisotopic (exact) mass is 381 g/mol. The number of carbonyl (C=O) groups is 2. The molecule has 0 aromatic heterocycles. The van der Waals surface area contributed by atoms with Gasteiger partial charge in [0, 0.05) is 0 Å². The highest BCUT2D eigenvalue weighted by atomic mass is 19.2. The van der Waals surface area contributed by atoms with Gasteiger partial charge in [-0.3, -0.25) is 4.79 Å². The number of hydrogen-bond acceptors (Lipinski definition) is 4. The minimum absolute atomic E-state index is 0.193. The smallest absolute Gasteiger partial charge is 0.338 e. The number of esters is 1. The Morgan fingerprint density at radius 1 is 1.00 bits per heavy atom. The van der Waals surface area contributed by atoms with Gasteiger partial charge in [0.15, 0.2) is 24.1 Å². The van der Waals surface area contributed by atoms with Crippen molar-refractivity contribution in [2.75, 3.05) is 18.5 Å². The number of rotatable bonds is 7. The molecule has 8 heteroatoms. The quantitative estimate of drug-likeness (QED) is 0.583. The summed E-state index contributed by atoms with van der Waals surface area (Å²) in [5, 5.41) is 2.00. The minimum atomic E-state index is -1.70. The second kappa shape index (κ2) is 9.07. The fourth-order valence-corrected chi connectivity index (χ4v) is 1.97. The average molecular weight is 381 g/mol. The molecule has 1 N–H and O–H groups in total. The number of ether oxygens (including phenoxy) is 2. The van der Waals surface area contributed by atoms with Gasteiger partial charge in [-0.25, -0.2) is 18.0 Å². The summed E-state index contributed by atoms with van der Waals surface area (Å²) >= 11 is 0. The highest BCUT2D eigenvalue weighted by Gasteiger charge is 2.16. The first kappa shape index (κ1) is 20.3. The molecule has 27 heavy (non-hydrogen) atoms. The fraction of sp³-hybridized carbons (Fsp3) is 0.263. The van der Waals surface area contributed by atoms with Crippen molar-refractivity contribution in [3.05, 3.63) is 59.4 Å². The molecule has 0 aliphatic carbocycles. The lowest BCUT2D eigenvalue weighted by Gasteiger charge is -2.10. The molecule has 0 aliphatic rings. The lowest BCUT2D eigenvalue weighted by molar-refractivity contribution is -0.119. The van der Waals surface area contributed by atoms with E-state index in [9.17, 15) is 22.8 Å². The first-order valence-corrected chi connectivity index (χ1v) is 8.11. The van der Waals surface area contributed by atoms with E-state index in [1.54, 1.807) is 12.1 Å². The van der Waals surface area contributed by atoms with Gasteiger partial charge in [-0.1, -0.05) is 13.8 Å². The molecular weight excluding hydrogens is 363 g/mol. The molecule has 0 saturated carbocycles. The van der Waals surface area contributed by atoms with Gasteiger partial charge in [-0.2, -0.15) is 0 Å². The van der Waals surface area contributed by atoms with Crippen LogP contribution in [0, 0.1) is 23.4 Å². The predicted octanol–water partition coefficient (Wildman–Crippen LogP) is 3.93. The molecule has 0 aliphatic heterocycles. The van der Waals surface area contributed by atoms with E-state index in [1.807, 2.05) is 19.2 Å². The number of hydrogen-bond donors (Lipinski definition) is 1. The van der Waals surface area contributed by atoms with Crippen LogP contribution in [0.3, 0.4) is 0 Å². The molecule has 0 fully saturated rings. The van der Waals surface area contributed by atoms with Gasteiger partial charge in [0.25, 0.3) is 5.91 Å². The Bertz CT molecular complexity index is 822. The Balaban J connectivity index is 1.88. The molecule has 5 nitrogen and oxygen atoms in total. The van der Waals surface area contributed by atoms with Crippen molar-refractivity contribution in [1.82, 2.24) is 0 Å². The molecule has 2 rings (SSSR count). The second-order valence-corrected chi connectivity index (χ2v) is 6.08. The standard InChI is InChI=1S/C19H18F3NO4/c1-11(2)9-26-13-5-3-12(4-6-13)19(25)27-10-16(24)23-15-8-7-14(20)17(21)18(15)22/h3-8,11H,9-10H2,1-2H3,(H,23,24). The summed E-state index contributed by atoms with van der Waals surface area (Å²) < 4.78 is 49.7. The molecule has 0 radical (unpaired) electrons. The van der Waals surface area contributed by atoms with E-state index < -0.39 is 41.6 Å². The van der Waals surface area contributed by atoms with Crippen molar-refractivity contribution in [3.63, 3.8) is 0 Å². The summed E-state index contributed by atoms with van der Waals surface area (Å²) in [5.74, 6) is -5.34. The maximum Gasteiger partial charge on any atom is 0.338 e. The topological polar surface area (TPSA) is 64.6 Å². The van der Waals surface area contributed by atoms with Gasteiger partial charge >= 0.3 is 5.97 Å². The number of nitrogens with one attached hydrogen (secondary N) is 1. The van der Waals surface area contributed by atoms with Crippen LogP contribution in [0.5, 0.6) is 5.75 Å². The van der Waals surface area contributed by atoms with Crippen LogP contribution in [0.15, 0.2) is 36.4 Å². The number of amides is 1. The Labute approximate surface area is 154 Å². The predicted molar refractivity (Wildman–Crippen MR) is 92.0 cm³/mol. The van der Waals surface area contributed by atoms with Crippen LogP contribution in [0.4, 0.5) is 18.9 Å². The average Bonchev–Trinajstić information content (AvgIpc) is 2.65. The molecule has 144 valence electrons. The zero-order valence-electron chi connectivity index (χ0n) is 14.7. The van der Waals surface area contributed by atoms with Crippen molar-refractivity contribution in [3.8, 4) is 5.75 Å². The molecule has 0 saturated heterocycles. The Kier molecular flexibility index (Phi) is 6.81. The van der Waals surface area contributed by atoms with E-state index in [2.05, 4.69) is 0 Å². The van der Waals surface area contributed by atoms with E-state index in [-0.39, 0.29) is 5.56 Å². The zero-order chi connectivity index (χ0) is 20.0. The van der Waals surface area contributed by atoms with Crippen molar-refractivity contribution in [1.29, 1.82) is 0 Å². The molecule has 0 heterocycles. The second-order valence-electron chi connectivity index (χ2n) is 6.08. The summed E-state index contributed by atoms with van der Waals surface area (Å²) in [7, 11) is 0. The summed E-state index contributed by atoms with van der Waals surface area (Å²) in [6.45, 7) is 3.82. The number of halogens is 3. The molecule has 0 spiro atoms. The van der Waals surface area contributed by atoms with Gasteiger partial charge < -0.3 is 14.8 Å². The Morgan fingerprint density at radius 2 is 1.67 bits per heavy atom. The van der Waals surface area contributed by atoms with Gasteiger partial charge in [-0.15, -0.1) is 0 Å². The summed E-state index contributed by atoms with van der Waals surface area (Å²) in [6.07, 6.45) is 0. The first-order chi connectivity index (χ1) is 12.8. The van der Waals surface area contributed by atoms with E-state index in [4.69, 9.17) is 9.47 Å². The van der Waals surface area contributed by atoms with Crippen LogP contribution in [0.25, 0.3) is 0 Å². The van der Waals surface area contributed by atoms with Crippen LogP contribution in [0.2, 0.25) is 0 Å². The van der Waals surface area contributed by atoms with Crippen LogP contribution in [-0.4, -0.2) is 25.1 Å². The molecule has 0 bridgehead atoms. The van der Waals surface area contributed by atoms with Gasteiger partial charge in [0.1, 0.15) is 5.75 Å².